The van der Waals surface area contributed by atoms with Gasteiger partial charge in [0.25, 0.3) is 5.56 Å². The van der Waals surface area contributed by atoms with Crippen molar-refractivity contribution in [1.29, 1.82) is 5.26 Å². The van der Waals surface area contributed by atoms with Gasteiger partial charge in [-0.2, -0.15) is 14.7 Å². The molecule has 1 saturated heterocycles. The molecule has 0 bridgehead atoms. The van der Waals surface area contributed by atoms with Crippen molar-refractivity contribution in [3.63, 3.8) is 0 Å². The predicted molar refractivity (Wildman–Crippen MR) is 126 cm³/mol. The van der Waals surface area contributed by atoms with Gasteiger partial charge >= 0.3 is 0 Å². The van der Waals surface area contributed by atoms with E-state index in [2.05, 4.69) is 21.5 Å². The maximum Gasteiger partial charge on any atom is 0.261 e. The largest absolute Gasteiger partial charge is 0.378 e. The number of anilines is 2. The van der Waals surface area contributed by atoms with E-state index in [4.69, 9.17) is 4.74 Å². The Morgan fingerprint density at radius 2 is 2.06 bits per heavy atom. The van der Waals surface area contributed by atoms with Crippen LogP contribution in [-0.2, 0) is 14.8 Å². The SMILES string of the molecule is C[C@H]1COCCN1S(=O)(=O)c1ccc(Nc2nn(C(CC#N)C3CC3)c3cc[nH]c(=O)c23)cc1. The van der Waals surface area contributed by atoms with Crippen molar-refractivity contribution in [2.75, 3.05) is 25.1 Å². The fourth-order valence-electron chi connectivity index (χ4n) is 4.52. The maximum atomic E-state index is 13.1. The first-order chi connectivity index (χ1) is 16.4. The van der Waals surface area contributed by atoms with Gasteiger partial charge in [-0.3, -0.25) is 9.48 Å². The lowest BCUT2D eigenvalue weighted by atomic mass is 10.1. The third-order valence-corrected chi connectivity index (χ3v) is 8.47. The first-order valence-corrected chi connectivity index (χ1v) is 12.8. The standard InChI is InChI=1S/C23H26N6O4S/c1-15-14-33-13-12-28(15)34(31,32)18-6-4-17(5-7-18)26-22-21-20(9-11-25-23(21)30)29(27-22)19(8-10-24)16-2-3-16/h4-7,9,11,15-16,19H,2-3,8,12-14H2,1H3,(H,25,30)(H,26,27)/t15-,19?/m0/s1. The van der Waals surface area contributed by atoms with E-state index >= 15 is 0 Å². The minimum absolute atomic E-state index is 0.0899. The van der Waals surface area contributed by atoms with E-state index in [-0.39, 0.29) is 22.5 Å². The van der Waals surface area contributed by atoms with Crippen molar-refractivity contribution in [1.82, 2.24) is 19.1 Å². The number of rotatable bonds is 7. The molecular weight excluding hydrogens is 456 g/mol. The summed E-state index contributed by atoms with van der Waals surface area (Å²) in [4.78, 5) is 15.5. The van der Waals surface area contributed by atoms with E-state index in [9.17, 15) is 18.5 Å². The fourth-order valence-corrected chi connectivity index (χ4v) is 6.12. The van der Waals surface area contributed by atoms with Crippen LogP contribution in [0, 0.1) is 17.2 Å². The maximum absolute atomic E-state index is 13.1. The number of aromatic nitrogens is 3. The summed E-state index contributed by atoms with van der Waals surface area (Å²) >= 11 is 0. The molecule has 2 aromatic heterocycles. The van der Waals surface area contributed by atoms with E-state index < -0.39 is 10.0 Å². The number of sulfonamides is 1. The Bertz CT molecular complexity index is 1400. The summed E-state index contributed by atoms with van der Waals surface area (Å²) in [6.45, 7) is 2.89. The number of morpholine rings is 1. The van der Waals surface area contributed by atoms with Crippen LogP contribution in [0.5, 0.6) is 0 Å². The molecule has 1 aromatic carbocycles. The molecule has 2 atom stereocenters. The second kappa shape index (κ2) is 8.87. The molecule has 178 valence electrons. The molecule has 2 N–H and O–H groups in total. The number of nitrogens with one attached hydrogen (secondary N) is 2. The molecular formula is C23H26N6O4S. The molecule has 1 aliphatic heterocycles. The molecule has 2 fully saturated rings. The van der Waals surface area contributed by atoms with Crippen molar-refractivity contribution in [2.24, 2.45) is 5.92 Å². The van der Waals surface area contributed by atoms with E-state index in [0.717, 1.165) is 12.8 Å². The Morgan fingerprint density at radius 1 is 1.29 bits per heavy atom. The number of H-pyrrole nitrogens is 1. The third kappa shape index (κ3) is 4.09. The van der Waals surface area contributed by atoms with Crippen LogP contribution < -0.4 is 10.9 Å². The zero-order chi connectivity index (χ0) is 23.9. The van der Waals surface area contributed by atoms with Gasteiger partial charge in [-0.1, -0.05) is 0 Å². The molecule has 0 radical (unpaired) electrons. The van der Waals surface area contributed by atoms with Gasteiger partial charge < -0.3 is 15.0 Å². The summed E-state index contributed by atoms with van der Waals surface area (Å²) in [6, 6.07) is 10.1. The number of nitriles is 1. The van der Waals surface area contributed by atoms with Crippen LogP contribution in [-0.4, -0.2) is 53.3 Å². The molecule has 3 aromatic rings. The minimum atomic E-state index is -3.64. The number of hydrogen-bond acceptors (Lipinski definition) is 7. The highest BCUT2D eigenvalue weighted by atomic mass is 32.2. The molecule has 1 unspecified atom stereocenters. The number of pyridine rings is 1. The van der Waals surface area contributed by atoms with Crippen molar-refractivity contribution in [3.8, 4) is 6.07 Å². The molecule has 2 aliphatic rings. The molecule has 3 heterocycles. The Balaban J connectivity index is 1.46. The summed E-state index contributed by atoms with van der Waals surface area (Å²) in [5, 5.41) is 17.6. The average molecular weight is 483 g/mol. The average Bonchev–Trinajstić information content (AvgIpc) is 3.60. The monoisotopic (exact) mass is 482 g/mol. The summed E-state index contributed by atoms with van der Waals surface area (Å²) in [5.74, 6) is 0.750. The van der Waals surface area contributed by atoms with Gasteiger partial charge in [0, 0.05) is 24.5 Å². The quantitative estimate of drug-likeness (QED) is 0.529. The fraction of sp³-hybridized carbons (Fsp3) is 0.435. The van der Waals surface area contributed by atoms with E-state index in [0.29, 0.717) is 54.5 Å². The van der Waals surface area contributed by atoms with Crippen molar-refractivity contribution < 1.29 is 13.2 Å². The lowest BCUT2D eigenvalue weighted by molar-refractivity contribution is 0.0393. The van der Waals surface area contributed by atoms with Gasteiger partial charge in [0.2, 0.25) is 10.0 Å². The number of aromatic amines is 1. The van der Waals surface area contributed by atoms with Gasteiger partial charge in [-0.05, 0) is 56.0 Å². The molecule has 0 amide bonds. The molecule has 1 aliphatic carbocycles. The molecule has 34 heavy (non-hydrogen) atoms. The van der Waals surface area contributed by atoms with E-state index in [1.54, 1.807) is 41.2 Å². The first kappa shape index (κ1) is 22.6. The van der Waals surface area contributed by atoms with Crippen LogP contribution in [0.2, 0.25) is 0 Å². The topological polar surface area (TPSA) is 133 Å². The smallest absolute Gasteiger partial charge is 0.261 e. The van der Waals surface area contributed by atoms with E-state index in [1.165, 1.54) is 4.31 Å². The van der Waals surface area contributed by atoms with E-state index in [1.807, 2.05) is 6.92 Å². The third-order valence-electron chi connectivity index (χ3n) is 6.44. The number of hydrogen-bond donors (Lipinski definition) is 2. The van der Waals surface area contributed by atoms with Crippen molar-refractivity contribution in [3.05, 3.63) is 46.9 Å². The van der Waals surface area contributed by atoms with Crippen LogP contribution in [0.15, 0.2) is 46.2 Å². The number of benzene rings is 1. The first-order valence-electron chi connectivity index (χ1n) is 11.3. The van der Waals surface area contributed by atoms with Gasteiger partial charge in [0.15, 0.2) is 5.82 Å². The van der Waals surface area contributed by atoms with Crippen molar-refractivity contribution in [2.45, 2.75) is 43.2 Å². The highest BCUT2D eigenvalue weighted by Gasteiger charge is 2.35. The normalized spacial score (nSPS) is 20.2. The van der Waals surface area contributed by atoms with Crippen LogP contribution >= 0.6 is 0 Å². The van der Waals surface area contributed by atoms with Gasteiger partial charge in [0.05, 0.1) is 42.2 Å². The Hall–Kier alpha value is -3.20. The molecule has 11 heteroatoms. The Labute approximate surface area is 197 Å². The lowest BCUT2D eigenvalue weighted by Crippen LogP contribution is -2.46. The zero-order valence-electron chi connectivity index (χ0n) is 18.8. The predicted octanol–water partition coefficient (Wildman–Crippen LogP) is 2.74. The van der Waals surface area contributed by atoms with Crippen molar-refractivity contribution >= 4 is 32.4 Å². The summed E-state index contributed by atoms with van der Waals surface area (Å²) in [5.41, 5.74) is 0.990. The second-order valence-electron chi connectivity index (χ2n) is 8.82. The Morgan fingerprint density at radius 3 is 2.74 bits per heavy atom. The number of fused-ring (bicyclic) bond motifs is 1. The van der Waals surface area contributed by atoms with Crippen LogP contribution in [0.3, 0.4) is 0 Å². The molecule has 1 saturated carbocycles. The van der Waals surface area contributed by atoms with Crippen LogP contribution in [0.25, 0.3) is 10.9 Å². The highest BCUT2D eigenvalue weighted by Crippen LogP contribution is 2.43. The highest BCUT2D eigenvalue weighted by molar-refractivity contribution is 7.89. The van der Waals surface area contributed by atoms with Gasteiger partial charge in [-0.25, -0.2) is 8.42 Å². The lowest BCUT2D eigenvalue weighted by Gasteiger charge is -2.32. The van der Waals surface area contributed by atoms with Gasteiger partial charge in [-0.15, -0.1) is 0 Å². The summed E-state index contributed by atoms with van der Waals surface area (Å²) in [6.07, 6.45) is 3.98. The van der Waals surface area contributed by atoms with Gasteiger partial charge in [0.1, 0.15) is 5.39 Å². The zero-order valence-corrected chi connectivity index (χ0v) is 19.6. The molecule has 10 nitrogen and oxygen atoms in total. The summed E-state index contributed by atoms with van der Waals surface area (Å²) < 4.78 is 34.7. The molecule has 5 rings (SSSR count). The Kier molecular flexibility index (Phi) is 5.89. The minimum Gasteiger partial charge on any atom is -0.378 e. The second-order valence-corrected chi connectivity index (χ2v) is 10.7. The summed E-state index contributed by atoms with van der Waals surface area (Å²) in [7, 11) is -3.64. The number of ether oxygens (including phenoxy) is 1. The van der Waals surface area contributed by atoms with Crippen LogP contribution in [0.4, 0.5) is 11.5 Å². The molecule has 0 spiro atoms. The number of nitrogens with zero attached hydrogens (tertiary/aromatic N) is 4. The van der Waals surface area contributed by atoms with Crippen LogP contribution in [0.1, 0.15) is 32.2 Å².